The third kappa shape index (κ3) is 4.20. The molecule has 1 aliphatic carbocycles. The van der Waals surface area contributed by atoms with Gasteiger partial charge in [-0.2, -0.15) is 5.26 Å². The molecule has 1 atom stereocenters. The Morgan fingerprint density at radius 1 is 1.36 bits per heavy atom. The van der Waals surface area contributed by atoms with Crippen molar-refractivity contribution in [2.24, 2.45) is 5.92 Å². The molecule has 1 aromatic carbocycles. The number of nitriles is 1. The smallest absolute Gasteiger partial charge is 0.249 e. The summed E-state index contributed by atoms with van der Waals surface area (Å²) in [4.78, 5) is 13.7. The van der Waals surface area contributed by atoms with Crippen molar-refractivity contribution >= 4 is 28.3 Å². The van der Waals surface area contributed by atoms with Crippen molar-refractivity contribution < 1.29 is 14.3 Å². The van der Waals surface area contributed by atoms with Crippen LogP contribution in [0.25, 0.3) is 6.08 Å². The number of nitrogens with zero attached hydrogens (tertiary/aromatic N) is 1. The summed E-state index contributed by atoms with van der Waals surface area (Å²) < 4.78 is 10.5. The van der Waals surface area contributed by atoms with Crippen LogP contribution < -0.4 is 14.8 Å². The Morgan fingerprint density at radius 3 is 2.82 bits per heavy atom. The van der Waals surface area contributed by atoms with Gasteiger partial charge in [0.15, 0.2) is 11.5 Å². The Bertz CT molecular complexity index is 940. The zero-order valence-electron chi connectivity index (χ0n) is 16.4. The Balaban J connectivity index is 1.74. The molecule has 0 saturated heterocycles. The van der Waals surface area contributed by atoms with E-state index in [1.807, 2.05) is 6.07 Å². The fourth-order valence-electron chi connectivity index (χ4n) is 3.49. The molecule has 1 N–H and O–H groups in total. The number of fused-ring (bicyclic) bond motifs is 1. The second-order valence-electron chi connectivity index (χ2n) is 6.77. The quantitative estimate of drug-likeness (QED) is 0.712. The van der Waals surface area contributed by atoms with Crippen LogP contribution in [0.1, 0.15) is 41.3 Å². The molecule has 1 unspecified atom stereocenters. The second kappa shape index (κ2) is 8.94. The minimum absolute atomic E-state index is 0.253. The largest absolute Gasteiger partial charge is 0.493 e. The van der Waals surface area contributed by atoms with E-state index in [0.717, 1.165) is 36.8 Å². The predicted molar refractivity (Wildman–Crippen MR) is 112 cm³/mol. The molecule has 0 fully saturated rings. The van der Waals surface area contributed by atoms with Gasteiger partial charge in [0, 0.05) is 11.0 Å². The van der Waals surface area contributed by atoms with Gasteiger partial charge in [0.25, 0.3) is 0 Å². The number of carbonyl (C=O) groups excluding carboxylic acids is 1. The van der Waals surface area contributed by atoms with Crippen molar-refractivity contribution in [1.29, 1.82) is 5.26 Å². The van der Waals surface area contributed by atoms with Crippen LogP contribution in [0.5, 0.6) is 11.5 Å². The van der Waals surface area contributed by atoms with Gasteiger partial charge >= 0.3 is 0 Å². The molecule has 3 rings (SSSR count). The van der Waals surface area contributed by atoms with Gasteiger partial charge in [-0.3, -0.25) is 4.79 Å². The van der Waals surface area contributed by atoms with Crippen molar-refractivity contribution in [3.63, 3.8) is 0 Å². The highest BCUT2D eigenvalue weighted by atomic mass is 32.1. The summed E-state index contributed by atoms with van der Waals surface area (Å²) in [6.45, 7) is 2.20. The SMILES string of the molecule is CCC1CCc2c(sc(NC(=O)C=Cc3ccc(OC)c(OC)c3)c2C#N)C1. The number of thiophene rings is 1. The first-order valence-electron chi connectivity index (χ1n) is 9.35. The zero-order valence-corrected chi connectivity index (χ0v) is 17.2. The number of amides is 1. The molecule has 1 heterocycles. The maximum Gasteiger partial charge on any atom is 0.249 e. The minimum Gasteiger partial charge on any atom is -0.493 e. The number of hydrogen-bond acceptors (Lipinski definition) is 5. The van der Waals surface area contributed by atoms with E-state index in [0.29, 0.717) is 28.0 Å². The molecule has 0 saturated carbocycles. The van der Waals surface area contributed by atoms with Crippen LogP contribution in [0.3, 0.4) is 0 Å². The van der Waals surface area contributed by atoms with Crippen molar-refractivity contribution in [2.45, 2.75) is 32.6 Å². The number of ether oxygens (including phenoxy) is 2. The van der Waals surface area contributed by atoms with Gasteiger partial charge in [0.05, 0.1) is 19.8 Å². The molecule has 6 heteroatoms. The highest BCUT2D eigenvalue weighted by Crippen LogP contribution is 2.40. The van der Waals surface area contributed by atoms with Crippen LogP contribution in [0.2, 0.25) is 0 Å². The standard InChI is InChI=1S/C22H24N2O3S/c1-4-14-5-8-16-17(13-23)22(28-20(16)12-14)24-21(25)10-7-15-6-9-18(26-2)19(11-15)27-3/h6-7,9-11,14H,4-5,8,12H2,1-3H3,(H,24,25). The van der Waals surface area contributed by atoms with Gasteiger partial charge in [0.2, 0.25) is 5.91 Å². The third-order valence-electron chi connectivity index (χ3n) is 5.13. The highest BCUT2D eigenvalue weighted by molar-refractivity contribution is 7.16. The lowest BCUT2D eigenvalue weighted by Gasteiger charge is -2.20. The summed E-state index contributed by atoms with van der Waals surface area (Å²) in [6.07, 6.45) is 7.36. The average Bonchev–Trinajstić information content (AvgIpc) is 3.07. The Labute approximate surface area is 169 Å². The Morgan fingerprint density at radius 2 is 2.14 bits per heavy atom. The molecule has 5 nitrogen and oxygen atoms in total. The monoisotopic (exact) mass is 396 g/mol. The van der Waals surface area contributed by atoms with Crippen molar-refractivity contribution in [2.75, 3.05) is 19.5 Å². The van der Waals surface area contributed by atoms with Gasteiger partial charge < -0.3 is 14.8 Å². The van der Waals surface area contributed by atoms with E-state index >= 15 is 0 Å². The van der Waals surface area contributed by atoms with E-state index in [4.69, 9.17) is 9.47 Å². The summed E-state index contributed by atoms with van der Waals surface area (Å²) in [5, 5.41) is 13.1. The van der Waals surface area contributed by atoms with E-state index in [9.17, 15) is 10.1 Å². The van der Waals surface area contributed by atoms with Gasteiger partial charge in [-0.05, 0) is 54.5 Å². The zero-order chi connectivity index (χ0) is 20.1. The van der Waals surface area contributed by atoms with E-state index in [1.54, 1.807) is 43.8 Å². The number of anilines is 1. The van der Waals surface area contributed by atoms with Gasteiger partial charge in [-0.25, -0.2) is 0 Å². The lowest BCUT2D eigenvalue weighted by molar-refractivity contribution is -0.111. The second-order valence-corrected chi connectivity index (χ2v) is 7.88. The molecule has 2 aromatic rings. The Kier molecular flexibility index (Phi) is 6.37. The molecule has 1 aliphatic rings. The maximum atomic E-state index is 12.4. The van der Waals surface area contributed by atoms with Crippen LogP contribution in [-0.2, 0) is 17.6 Å². The summed E-state index contributed by atoms with van der Waals surface area (Å²) in [5.74, 6) is 1.66. The number of benzene rings is 1. The van der Waals surface area contributed by atoms with Gasteiger partial charge in [-0.1, -0.05) is 19.4 Å². The molecule has 0 spiro atoms. The molecular formula is C22H24N2O3S. The number of hydrogen-bond donors (Lipinski definition) is 1. The summed E-state index contributed by atoms with van der Waals surface area (Å²) in [6, 6.07) is 7.73. The van der Waals surface area contributed by atoms with Crippen molar-refractivity contribution in [3.8, 4) is 17.6 Å². The fraction of sp³-hybridized carbons (Fsp3) is 0.364. The average molecular weight is 397 g/mol. The predicted octanol–water partition coefficient (Wildman–Crippen LogP) is 4.80. The number of nitrogens with one attached hydrogen (secondary N) is 1. The molecule has 0 bridgehead atoms. The van der Waals surface area contributed by atoms with E-state index in [-0.39, 0.29) is 5.91 Å². The minimum atomic E-state index is -0.253. The van der Waals surface area contributed by atoms with Crippen LogP contribution in [0.4, 0.5) is 5.00 Å². The molecule has 0 aliphatic heterocycles. The van der Waals surface area contributed by atoms with Crippen molar-refractivity contribution in [1.82, 2.24) is 0 Å². The van der Waals surface area contributed by atoms with Gasteiger partial charge in [-0.15, -0.1) is 11.3 Å². The normalized spacial score (nSPS) is 15.7. The highest BCUT2D eigenvalue weighted by Gasteiger charge is 2.25. The first-order valence-corrected chi connectivity index (χ1v) is 10.2. The van der Waals surface area contributed by atoms with Crippen molar-refractivity contribution in [3.05, 3.63) is 45.8 Å². The molecule has 146 valence electrons. The number of carbonyl (C=O) groups is 1. The summed E-state index contributed by atoms with van der Waals surface area (Å²) >= 11 is 1.54. The summed E-state index contributed by atoms with van der Waals surface area (Å²) in [7, 11) is 3.15. The molecule has 1 amide bonds. The third-order valence-corrected chi connectivity index (χ3v) is 6.30. The van der Waals surface area contributed by atoms with E-state index in [1.165, 1.54) is 11.0 Å². The molecular weight excluding hydrogens is 372 g/mol. The molecule has 0 radical (unpaired) electrons. The summed E-state index contributed by atoms with van der Waals surface area (Å²) in [5.41, 5.74) is 2.57. The Hall–Kier alpha value is -2.78. The first kappa shape index (κ1) is 20.0. The van der Waals surface area contributed by atoms with Gasteiger partial charge in [0.1, 0.15) is 11.1 Å². The topological polar surface area (TPSA) is 71.3 Å². The molecule has 28 heavy (non-hydrogen) atoms. The number of rotatable bonds is 6. The van der Waals surface area contributed by atoms with Crippen LogP contribution >= 0.6 is 11.3 Å². The first-order chi connectivity index (χ1) is 13.6. The van der Waals surface area contributed by atoms with E-state index < -0.39 is 0 Å². The maximum absolute atomic E-state index is 12.4. The van der Waals surface area contributed by atoms with E-state index in [2.05, 4.69) is 18.3 Å². The lowest BCUT2D eigenvalue weighted by Crippen LogP contribution is -2.12. The van der Waals surface area contributed by atoms with Crippen LogP contribution in [0, 0.1) is 17.2 Å². The molecule has 1 aromatic heterocycles. The van der Waals surface area contributed by atoms with Crippen LogP contribution in [-0.4, -0.2) is 20.1 Å². The fourth-order valence-corrected chi connectivity index (χ4v) is 4.81. The number of methoxy groups -OCH3 is 2. The van der Waals surface area contributed by atoms with Crippen LogP contribution in [0.15, 0.2) is 24.3 Å². The lowest BCUT2D eigenvalue weighted by atomic mass is 9.86.